The number of nitrogens with zero attached hydrogens (tertiary/aromatic N) is 6. The van der Waals surface area contributed by atoms with Gasteiger partial charge in [0.1, 0.15) is 12.3 Å². The molecule has 0 amide bonds. The van der Waals surface area contributed by atoms with Crippen molar-refractivity contribution < 1.29 is 14.2 Å². The third-order valence-corrected chi connectivity index (χ3v) is 6.36. The van der Waals surface area contributed by atoms with Crippen molar-refractivity contribution in [1.29, 1.82) is 0 Å². The predicted octanol–water partition coefficient (Wildman–Crippen LogP) is 6.46. The third kappa shape index (κ3) is 6.65. The largest absolute Gasteiger partial charge is 0.508 e. The molecule has 2 aromatic carbocycles. The number of phenolic OH excluding ortho intramolecular Hbond substituents is 1. The summed E-state index contributed by atoms with van der Waals surface area (Å²) >= 11 is 6.39. The van der Waals surface area contributed by atoms with Crippen LogP contribution in [-0.2, 0) is 17.7 Å². The zero-order chi connectivity index (χ0) is 27.2. The van der Waals surface area contributed by atoms with Crippen LogP contribution in [0.1, 0.15) is 18.3 Å². The fraction of sp³-hybridized carbons (Fsp3) is 0.250. The monoisotopic (exact) mass is 547 g/mol. The highest BCUT2D eigenvalue weighted by atomic mass is 35.5. The minimum atomic E-state index is -0.498. The molecular formula is C28H27ClFN7O2. The molecule has 0 atom stereocenters. The molecule has 1 aliphatic rings. The number of aryl methyl sites for hydroxylation is 1. The number of hydrogen-bond donors (Lipinski definition) is 2. The number of morpholine rings is 1. The smallest absolute Gasteiger partial charge is 0.270 e. The summed E-state index contributed by atoms with van der Waals surface area (Å²) in [5, 5.41) is 22.1. The molecule has 200 valence electrons. The summed E-state index contributed by atoms with van der Waals surface area (Å²) in [6, 6.07) is 16.5. The lowest BCUT2D eigenvalue weighted by molar-refractivity contribution is 0.122. The molecule has 9 nitrogen and oxygen atoms in total. The summed E-state index contributed by atoms with van der Waals surface area (Å²) in [6.45, 7) is 4.40. The molecule has 5 rings (SSSR count). The molecule has 2 N–H and O–H groups in total. The number of phenols is 1. The maximum absolute atomic E-state index is 14.3. The van der Waals surface area contributed by atoms with Gasteiger partial charge < -0.3 is 20.1 Å². The summed E-state index contributed by atoms with van der Waals surface area (Å²) in [7, 11) is 0. The molecular weight excluding hydrogens is 521 g/mol. The van der Waals surface area contributed by atoms with Gasteiger partial charge >= 0.3 is 0 Å². The standard InChI is InChI=1S/C28H27ClFN7O2/c1-2-25-26(34-22-13-19(12-20(29)15-22)18-4-3-5-23(38)14-18)7-6-21(33-25)16-32-36-28-31-17-24(30)27(35-28)37-8-10-39-11-9-37/h3-7,12-15,17,34,38H,2,8-11,16H2,1H3. The van der Waals surface area contributed by atoms with Crippen molar-refractivity contribution >= 4 is 34.7 Å². The van der Waals surface area contributed by atoms with Crippen molar-refractivity contribution in [2.45, 2.75) is 19.9 Å². The normalized spacial score (nSPS) is 13.7. The highest BCUT2D eigenvalue weighted by molar-refractivity contribution is 6.31. The molecule has 0 radical (unpaired) electrons. The van der Waals surface area contributed by atoms with Gasteiger partial charge in [-0.1, -0.05) is 30.7 Å². The predicted molar refractivity (Wildman–Crippen MR) is 149 cm³/mol. The van der Waals surface area contributed by atoms with Crippen molar-refractivity contribution in [3.05, 3.63) is 83.0 Å². The Morgan fingerprint density at radius 2 is 1.92 bits per heavy atom. The second-order valence-corrected chi connectivity index (χ2v) is 9.33. The van der Waals surface area contributed by atoms with Gasteiger partial charge in [0, 0.05) is 23.8 Å². The highest BCUT2D eigenvalue weighted by Gasteiger charge is 2.18. The van der Waals surface area contributed by atoms with E-state index in [1.807, 2.05) is 48.2 Å². The van der Waals surface area contributed by atoms with Gasteiger partial charge in [0.25, 0.3) is 5.95 Å². The molecule has 1 fully saturated rings. The summed E-state index contributed by atoms with van der Waals surface area (Å²) in [4.78, 5) is 14.7. The van der Waals surface area contributed by atoms with E-state index in [1.54, 1.807) is 18.2 Å². The number of pyridine rings is 1. The number of azo groups is 1. The average Bonchev–Trinajstić information content (AvgIpc) is 2.95. The molecule has 4 aromatic rings. The Labute approximate surface area is 230 Å². The molecule has 0 bridgehead atoms. The number of ether oxygens (including phenoxy) is 1. The summed E-state index contributed by atoms with van der Waals surface area (Å²) in [5.41, 5.74) is 4.96. The van der Waals surface area contributed by atoms with Gasteiger partial charge in [0.2, 0.25) is 0 Å². The number of halogens is 2. The van der Waals surface area contributed by atoms with Gasteiger partial charge in [-0.15, -0.1) is 5.11 Å². The van der Waals surface area contributed by atoms with Gasteiger partial charge in [-0.05, 0) is 60.0 Å². The number of anilines is 3. The lowest BCUT2D eigenvalue weighted by Gasteiger charge is -2.27. The Hall–Kier alpha value is -4.15. The van der Waals surface area contributed by atoms with E-state index in [-0.39, 0.29) is 24.1 Å². The van der Waals surface area contributed by atoms with Crippen molar-refractivity contribution in [2.24, 2.45) is 10.2 Å². The molecule has 1 aliphatic heterocycles. The quantitative estimate of drug-likeness (QED) is 0.244. The lowest BCUT2D eigenvalue weighted by Crippen LogP contribution is -2.37. The van der Waals surface area contributed by atoms with Crippen LogP contribution in [0, 0.1) is 5.82 Å². The van der Waals surface area contributed by atoms with E-state index in [2.05, 4.69) is 25.5 Å². The molecule has 2 aromatic heterocycles. The third-order valence-electron chi connectivity index (χ3n) is 6.14. The minimum absolute atomic E-state index is 0.0930. The van der Waals surface area contributed by atoms with E-state index in [0.29, 0.717) is 37.7 Å². The molecule has 0 unspecified atom stereocenters. The van der Waals surface area contributed by atoms with Crippen molar-refractivity contribution in [2.75, 3.05) is 36.5 Å². The lowest BCUT2D eigenvalue weighted by atomic mass is 10.0. The first kappa shape index (κ1) is 26.5. The summed E-state index contributed by atoms with van der Waals surface area (Å²) in [6.07, 6.45) is 1.80. The van der Waals surface area contributed by atoms with Crippen LogP contribution in [-0.4, -0.2) is 46.4 Å². The first-order chi connectivity index (χ1) is 19.0. The maximum Gasteiger partial charge on any atom is 0.270 e. The van der Waals surface area contributed by atoms with Gasteiger partial charge in [-0.3, -0.25) is 4.98 Å². The zero-order valence-corrected chi connectivity index (χ0v) is 22.1. The van der Waals surface area contributed by atoms with E-state index in [4.69, 9.17) is 21.3 Å². The van der Waals surface area contributed by atoms with Crippen LogP contribution in [0.2, 0.25) is 5.02 Å². The van der Waals surface area contributed by atoms with Crippen LogP contribution < -0.4 is 10.2 Å². The van der Waals surface area contributed by atoms with Crippen LogP contribution in [0.3, 0.4) is 0 Å². The second kappa shape index (κ2) is 12.1. The van der Waals surface area contributed by atoms with Crippen LogP contribution in [0.4, 0.5) is 27.5 Å². The number of aromatic hydroxyl groups is 1. The fourth-order valence-electron chi connectivity index (χ4n) is 4.25. The Morgan fingerprint density at radius 1 is 1.08 bits per heavy atom. The van der Waals surface area contributed by atoms with Crippen LogP contribution >= 0.6 is 11.6 Å². The topological polar surface area (TPSA) is 108 Å². The van der Waals surface area contributed by atoms with Crippen molar-refractivity contribution in [3.63, 3.8) is 0 Å². The fourth-order valence-corrected chi connectivity index (χ4v) is 4.49. The molecule has 0 aliphatic carbocycles. The summed E-state index contributed by atoms with van der Waals surface area (Å²) < 4.78 is 19.6. The van der Waals surface area contributed by atoms with Crippen molar-refractivity contribution in [1.82, 2.24) is 15.0 Å². The second-order valence-electron chi connectivity index (χ2n) is 8.89. The Kier molecular flexibility index (Phi) is 8.24. The van der Waals surface area contributed by atoms with Crippen LogP contribution in [0.5, 0.6) is 5.75 Å². The highest BCUT2D eigenvalue weighted by Crippen LogP contribution is 2.31. The van der Waals surface area contributed by atoms with Gasteiger partial charge in [0.15, 0.2) is 11.6 Å². The molecule has 11 heteroatoms. The van der Waals surface area contributed by atoms with E-state index >= 15 is 0 Å². The minimum Gasteiger partial charge on any atom is -0.508 e. The van der Waals surface area contributed by atoms with Gasteiger partial charge in [0.05, 0.1) is 36.5 Å². The molecule has 3 heterocycles. The molecule has 0 spiro atoms. The Bertz CT molecular complexity index is 1490. The first-order valence-electron chi connectivity index (χ1n) is 12.6. The van der Waals surface area contributed by atoms with Crippen LogP contribution in [0.15, 0.2) is 71.0 Å². The average molecular weight is 548 g/mol. The molecule has 0 saturated carbocycles. The number of aromatic nitrogens is 3. The van der Waals surface area contributed by atoms with Gasteiger partial charge in [-0.2, -0.15) is 10.1 Å². The number of nitrogens with one attached hydrogen (secondary N) is 1. The molecule has 39 heavy (non-hydrogen) atoms. The summed E-state index contributed by atoms with van der Waals surface area (Å²) in [5.74, 6) is -0.00893. The van der Waals surface area contributed by atoms with Gasteiger partial charge in [-0.25, -0.2) is 9.37 Å². The van der Waals surface area contributed by atoms with E-state index in [9.17, 15) is 9.50 Å². The zero-order valence-electron chi connectivity index (χ0n) is 21.3. The number of hydrogen-bond acceptors (Lipinski definition) is 9. The van der Waals surface area contributed by atoms with E-state index in [1.165, 1.54) is 0 Å². The van der Waals surface area contributed by atoms with Crippen molar-refractivity contribution in [3.8, 4) is 16.9 Å². The SMILES string of the molecule is CCc1nc(CN=Nc2ncc(F)c(N3CCOCC3)n2)ccc1Nc1cc(Cl)cc(-c2cccc(O)c2)c1. The Morgan fingerprint density at radius 3 is 2.72 bits per heavy atom. The van der Waals surface area contributed by atoms with E-state index < -0.39 is 5.82 Å². The maximum atomic E-state index is 14.3. The first-order valence-corrected chi connectivity index (χ1v) is 12.9. The van der Waals surface area contributed by atoms with E-state index in [0.717, 1.165) is 40.1 Å². The Balaban J connectivity index is 1.29. The van der Waals surface area contributed by atoms with Crippen LogP contribution in [0.25, 0.3) is 11.1 Å². The molecule has 1 saturated heterocycles. The number of benzene rings is 2. The number of rotatable bonds is 8.